The van der Waals surface area contributed by atoms with E-state index in [2.05, 4.69) is 0 Å². The Morgan fingerprint density at radius 3 is 1.71 bits per heavy atom. The molecule has 0 aromatic rings. The van der Waals surface area contributed by atoms with Crippen LogP contribution in [0, 0.1) is 17.3 Å². The number of hydrogen-bond acceptors (Lipinski definition) is 0. The lowest BCUT2D eigenvalue weighted by Gasteiger charge is -2.34. The molecule has 0 fully saturated rings. The molecule has 86 valence electrons. The van der Waals surface area contributed by atoms with Gasteiger partial charge in [0.05, 0.1) is 5.41 Å². The summed E-state index contributed by atoms with van der Waals surface area (Å²) in [5, 5.41) is 0. The average molecular weight is 210 g/mol. The fourth-order valence-corrected chi connectivity index (χ4v) is 1.41. The highest BCUT2D eigenvalue weighted by molar-refractivity contribution is 4.83. The largest absolute Gasteiger partial charge is 0.394 e. The molecule has 0 amide bonds. The van der Waals surface area contributed by atoms with Gasteiger partial charge < -0.3 is 0 Å². The van der Waals surface area contributed by atoms with E-state index >= 15 is 0 Å². The molecule has 0 nitrogen and oxygen atoms in total. The fourth-order valence-electron chi connectivity index (χ4n) is 1.41. The lowest BCUT2D eigenvalue weighted by atomic mass is 9.75. The summed E-state index contributed by atoms with van der Waals surface area (Å²) >= 11 is 0. The van der Waals surface area contributed by atoms with Crippen LogP contribution in [-0.4, -0.2) is 6.18 Å². The summed E-state index contributed by atoms with van der Waals surface area (Å²) in [6, 6.07) is 0. The van der Waals surface area contributed by atoms with E-state index in [1.165, 1.54) is 6.92 Å². The van der Waals surface area contributed by atoms with Crippen molar-refractivity contribution in [2.75, 3.05) is 0 Å². The first-order valence-corrected chi connectivity index (χ1v) is 5.20. The fraction of sp³-hybridized carbons (Fsp3) is 1.00. The van der Waals surface area contributed by atoms with Gasteiger partial charge in [0.1, 0.15) is 0 Å². The van der Waals surface area contributed by atoms with E-state index in [-0.39, 0.29) is 18.8 Å². The maximum Gasteiger partial charge on any atom is 0.394 e. The average Bonchev–Trinajstić information content (AvgIpc) is 2.01. The molecular weight excluding hydrogens is 189 g/mol. The lowest BCUT2D eigenvalue weighted by molar-refractivity contribution is -0.225. The number of hydrogen-bond donors (Lipinski definition) is 0. The minimum absolute atomic E-state index is 0.113. The Kier molecular flexibility index (Phi) is 4.47. The second-order valence-electron chi connectivity index (χ2n) is 4.84. The number of halogens is 3. The zero-order chi connectivity index (χ0) is 11.6. The van der Waals surface area contributed by atoms with Crippen molar-refractivity contribution < 1.29 is 13.2 Å². The first-order valence-electron chi connectivity index (χ1n) is 5.20. The predicted molar refractivity (Wildman–Crippen MR) is 53.1 cm³/mol. The maximum atomic E-state index is 12.7. The molecule has 0 aliphatic heterocycles. The van der Waals surface area contributed by atoms with Crippen molar-refractivity contribution in [3.63, 3.8) is 0 Å². The topological polar surface area (TPSA) is 0 Å². The van der Waals surface area contributed by atoms with Crippen LogP contribution in [0.25, 0.3) is 0 Å². The third-order valence-electron chi connectivity index (χ3n) is 3.38. The number of rotatable bonds is 4. The summed E-state index contributed by atoms with van der Waals surface area (Å²) < 4.78 is 38.2. The van der Waals surface area contributed by atoms with Crippen LogP contribution in [0.2, 0.25) is 0 Å². The Hall–Kier alpha value is -0.210. The molecule has 0 rings (SSSR count). The molecule has 0 bridgehead atoms. The van der Waals surface area contributed by atoms with Crippen molar-refractivity contribution in [2.24, 2.45) is 17.3 Å². The first-order chi connectivity index (χ1) is 6.14. The van der Waals surface area contributed by atoms with Crippen molar-refractivity contribution in [1.29, 1.82) is 0 Å². The van der Waals surface area contributed by atoms with Gasteiger partial charge in [-0.2, -0.15) is 13.2 Å². The van der Waals surface area contributed by atoms with Crippen LogP contribution in [0.1, 0.15) is 47.5 Å². The molecule has 0 saturated heterocycles. The zero-order valence-corrected chi connectivity index (χ0v) is 9.70. The highest BCUT2D eigenvalue weighted by atomic mass is 19.4. The summed E-state index contributed by atoms with van der Waals surface area (Å²) in [7, 11) is 0. The zero-order valence-electron chi connectivity index (χ0n) is 9.70. The molecule has 0 aliphatic carbocycles. The molecule has 2 atom stereocenters. The van der Waals surface area contributed by atoms with Crippen molar-refractivity contribution in [2.45, 2.75) is 53.6 Å². The Balaban J connectivity index is 4.57. The van der Waals surface area contributed by atoms with Gasteiger partial charge in [-0.25, -0.2) is 0 Å². The Morgan fingerprint density at radius 1 is 1.07 bits per heavy atom. The molecule has 14 heavy (non-hydrogen) atoms. The third-order valence-corrected chi connectivity index (χ3v) is 3.38. The smallest absolute Gasteiger partial charge is 0.171 e. The van der Waals surface area contributed by atoms with Gasteiger partial charge >= 0.3 is 6.18 Å². The minimum atomic E-state index is -4.08. The Morgan fingerprint density at radius 2 is 1.50 bits per heavy atom. The summed E-state index contributed by atoms with van der Waals surface area (Å²) in [6.45, 7) is 8.77. The van der Waals surface area contributed by atoms with Gasteiger partial charge in [0.25, 0.3) is 0 Å². The third kappa shape index (κ3) is 3.18. The highest BCUT2D eigenvalue weighted by Gasteiger charge is 2.49. The van der Waals surface area contributed by atoms with E-state index in [0.29, 0.717) is 5.92 Å². The molecule has 3 heteroatoms. The van der Waals surface area contributed by atoms with Crippen LogP contribution in [0.3, 0.4) is 0 Å². The minimum Gasteiger partial charge on any atom is -0.171 e. The molecule has 0 aromatic heterocycles. The summed E-state index contributed by atoms with van der Waals surface area (Å²) in [5.74, 6) is 0.421. The Labute approximate surface area is 84.9 Å². The van der Waals surface area contributed by atoms with Gasteiger partial charge in [0.15, 0.2) is 0 Å². The van der Waals surface area contributed by atoms with Crippen LogP contribution in [0.5, 0.6) is 0 Å². The van der Waals surface area contributed by atoms with Gasteiger partial charge in [-0.05, 0) is 24.7 Å². The summed E-state index contributed by atoms with van der Waals surface area (Å²) in [4.78, 5) is 0. The molecule has 0 spiro atoms. The van der Waals surface area contributed by atoms with E-state index in [1.807, 2.05) is 20.8 Å². The quantitative estimate of drug-likeness (QED) is 0.633. The van der Waals surface area contributed by atoms with E-state index < -0.39 is 11.6 Å². The lowest BCUT2D eigenvalue weighted by Crippen LogP contribution is -2.36. The van der Waals surface area contributed by atoms with Crippen LogP contribution >= 0.6 is 0 Å². The van der Waals surface area contributed by atoms with E-state index in [0.717, 1.165) is 0 Å². The molecule has 0 heterocycles. The van der Waals surface area contributed by atoms with Crippen LogP contribution < -0.4 is 0 Å². The standard InChI is InChI=1S/C11H21F3/c1-6-10(5,11(12,13)14)7-9(4)8(2)3/h8-9H,6-7H2,1-5H3. The number of alkyl halides is 3. The molecule has 0 N–H and O–H groups in total. The monoisotopic (exact) mass is 210 g/mol. The van der Waals surface area contributed by atoms with E-state index in [4.69, 9.17) is 0 Å². The normalized spacial score (nSPS) is 19.5. The molecule has 0 aliphatic rings. The van der Waals surface area contributed by atoms with Gasteiger partial charge in [-0.3, -0.25) is 0 Å². The maximum absolute atomic E-state index is 12.7. The molecule has 0 radical (unpaired) electrons. The van der Waals surface area contributed by atoms with Crippen molar-refractivity contribution in [3.8, 4) is 0 Å². The van der Waals surface area contributed by atoms with Crippen LogP contribution in [0.4, 0.5) is 13.2 Å². The van der Waals surface area contributed by atoms with Crippen LogP contribution in [0.15, 0.2) is 0 Å². The summed E-state index contributed by atoms with van der Waals surface area (Å²) in [5.41, 5.74) is -1.52. The van der Waals surface area contributed by atoms with Gasteiger partial charge in [-0.15, -0.1) is 0 Å². The van der Waals surface area contributed by atoms with E-state index in [9.17, 15) is 13.2 Å². The van der Waals surface area contributed by atoms with Gasteiger partial charge in [0, 0.05) is 0 Å². The second kappa shape index (κ2) is 4.54. The Bertz CT molecular complexity index is 172. The molecule has 0 saturated carbocycles. The highest BCUT2D eigenvalue weighted by Crippen LogP contribution is 2.46. The van der Waals surface area contributed by atoms with Gasteiger partial charge in [0.2, 0.25) is 0 Å². The molecule has 0 aromatic carbocycles. The SMILES string of the molecule is CCC(C)(CC(C)C(C)C)C(F)(F)F. The summed E-state index contributed by atoms with van der Waals surface area (Å²) in [6.07, 6.45) is -3.69. The molecular formula is C11H21F3. The first kappa shape index (κ1) is 13.8. The van der Waals surface area contributed by atoms with E-state index in [1.54, 1.807) is 6.92 Å². The molecule has 2 unspecified atom stereocenters. The van der Waals surface area contributed by atoms with Crippen molar-refractivity contribution in [3.05, 3.63) is 0 Å². The second-order valence-corrected chi connectivity index (χ2v) is 4.84. The van der Waals surface area contributed by atoms with Crippen LogP contribution in [-0.2, 0) is 0 Å². The predicted octanol–water partition coefficient (Wildman–Crippen LogP) is 4.65. The van der Waals surface area contributed by atoms with Gasteiger partial charge in [-0.1, -0.05) is 34.6 Å². The van der Waals surface area contributed by atoms with Crippen molar-refractivity contribution in [1.82, 2.24) is 0 Å². The van der Waals surface area contributed by atoms with Crippen molar-refractivity contribution >= 4 is 0 Å².